The Morgan fingerprint density at radius 1 is 0.811 bits per heavy atom. The molecule has 0 aliphatic heterocycles. The summed E-state index contributed by atoms with van der Waals surface area (Å²) in [7, 11) is 0. The Kier molecular flexibility index (Phi) is 9.84. The molecule has 2 amide bonds. The molecule has 2 N–H and O–H groups in total. The number of anilines is 2. The van der Waals surface area contributed by atoms with Gasteiger partial charge in [0.1, 0.15) is 11.5 Å². The van der Waals surface area contributed by atoms with E-state index in [-0.39, 0.29) is 18.7 Å². The molecule has 0 fully saturated rings. The zero-order chi connectivity index (χ0) is 26.8. The number of rotatable bonds is 11. The molecule has 0 atom stereocenters. The summed E-state index contributed by atoms with van der Waals surface area (Å²) >= 11 is 0. The van der Waals surface area contributed by atoms with Crippen molar-refractivity contribution in [3.8, 4) is 11.5 Å². The minimum Gasteiger partial charge on any atom is -0.457 e. The maximum absolute atomic E-state index is 12.3. The Labute approximate surface area is 218 Å². The molecule has 0 spiro atoms. The van der Waals surface area contributed by atoms with E-state index in [1.165, 1.54) is 0 Å². The van der Waals surface area contributed by atoms with Crippen LogP contribution < -0.4 is 15.4 Å². The fourth-order valence-electron chi connectivity index (χ4n) is 3.62. The van der Waals surface area contributed by atoms with Crippen LogP contribution >= 0.6 is 0 Å². The molecule has 0 aliphatic rings. The predicted molar refractivity (Wildman–Crippen MR) is 145 cm³/mol. The number of hydrogen-bond donors (Lipinski definition) is 2. The summed E-state index contributed by atoms with van der Waals surface area (Å²) in [4.78, 5) is 36.2. The molecule has 3 aromatic rings. The van der Waals surface area contributed by atoms with E-state index < -0.39 is 18.5 Å². The van der Waals surface area contributed by atoms with Crippen LogP contribution in [0.25, 0.3) is 0 Å². The zero-order valence-electron chi connectivity index (χ0n) is 21.8. The van der Waals surface area contributed by atoms with Gasteiger partial charge in [0, 0.05) is 17.8 Å². The quantitative estimate of drug-likeness (QED) is 0.297. The molecule has 7 nitrogen and oxygen atoms in total. The first kappa shape index (κ1) is 27.5. The number of esters is 1. The van der Waals surface area contributed by atoms with Gasteiger partial charge < -0.3 is 20.1 Å². The smallest absolute Gasteiger partial charge is 0.306 e. The molecule has 0 unspecified atom stereocenters. The largest absolute Gasteiger partial charge is 0.457 e. The Morgan fingerprint density at radius 2 is 1.43 bits per heavy atom. The minimum atomic E-state index is -0.616. The minimum absolute atomic E-state index is 0.0573. The van der Waals surface area contributed by atoms with E-state index in [0.717, 1.165) is 28.9 Å². The average Bonchev–Trinajstić information content (AvgIpc) is 2.88. The van der Waals surface area contributed by atoms with E-state index in [1.54, 1.807) is 36.4 Å². The van der Waals surface area contributed by atoms with Gasteiger partial charge in [0.2, 0.25) is 5.91 Å². The van der Waals surface area contributed by atoms with Crippen molar-refractivity contribution in [1.29, 1.82) is 0 Å². The highest BCUT2D eigenvalue weighted by molar-refractivity contribution is 5.94. The molecule has 0 aliphatic carbocycles. The highest BCUT2D eigenvalue weighted by Gasteiger charge is 2.12. The lowest BCUT2D eigenvalue weighted by Gasteiger charge is -2.15. The van der Waals surface area contributed by atoms with E-state index in [9.17, 15) is 14.4 Å². The summed E-state index contributed by atoms with van der Waals surface area (Å²) in [5.74, 6) is 0.423. The molecule has 37 heavy (non-hydrogen) atoms. The summed E-state index contributed by atoms with van der Waals surface area (Å²) in [6, 6.07) is 20.7. The van der Waals surface area contributed by atoms with E-state index in [4.69, 9.17) is 9.47 Å². The summed E-state index contributed by atoms with van der Waals surface area (Å²) < 4.78 is 11.1. The first-order valence-electron chi connectivity index (χ1n) is 12.5. The van der Waals surface area contributed by atoms with E-state index in [1.807, 2.05) is 32.0 Å². The van der Waals surface area contributed by atoms with Crippen molar-refractivity contribution in [2.24, 2.45) is 0 Å². The Hall–Kier alpha value is -4.13. The highest BCUT2D eigenvalue weighted by atomic mass is 16.5. The maximum Gasteiger partial charge on any atom is 0.306 e. The van der Waals surface area contributed by atoms with E-state index in [0.29, 0.717) is 23.0 Å². The monoisotopic (exact) mass is 502 g/mol. The highest BCUT2D eigenvalue weighted by Crippen LogP contribution is 2.32. The third-order valence-corrected chi connectivity index (χ3v) is 5.72. The molecule has 0 saturated heterocycles. The third-order valence-electron chi connectivity index (χ3n) is 5.72. The van der Waals surface area contributed by atoms with Crippen LogP contribution in [0, 0.1) is 6.92 Å². The van der Waals surface area contributed by atoms with Gasteiger partial charge in [0.25, 0.3) is 5.91 Å². The van der Waals surface area contributed by atoms with Crippen LogP contribution in [0.1, 0.15) is 56.2 Å². The van der Waals surface area contributed by atoms with Crippen LogP contribution in [0.3, 0.4) is 0 Å². The molecular formula is C30H34N2O5. The molecule has 0 saturated carbocycles. The fourth-order valence-corrected chi connectivity index (χ4v) is 3.62. The van der Waals surface area contributed by atoms with Gasteiger partial charge in [-0.05, 0) is 78.4 Å². The molecule has 0 bridgehead atoms. The van der Waals surface area contributed by atoms with Crippen LogP contribution in [0.5, 0.6) is 11.5 Å². The number of aryl methyl sites for hydroxylation is 2. The standard InChI is InChI=1S/C30H34N2O5/c1-5-22-7-9-23(10-8-22)32-29(34)19-36-30(35)17-16-28(33)31-24-11-13-25(14-12-24)37-27-18-21(4)6-15-26(27)20(2)3/h6-15,18,20H,5,16-17,19H2,1-4H3,(H,31,33)(H,32,34). The fraction of sp³-hybridized carbons (Fsp3) is 0.300. The lowest BCUT2D eigenvalue weighted by Crippen LogP contribution is -2.21. The lowest BCUT2D eigenvalue weighted by molar-refractivity contribution is -0.147. The number of hydrogen-bond acceptors (Lipinski definition) is 5. The number of benzene rings is 3. The van der Waals surface area contributed by atoms with Crippen molar-refractivity contribution in [1.82, 2.24) is 0 Å². The molecule has 0 heterocycles. The van der Waals surface area contributed by atoms with Gasteiger partial charge in [-0.1, -0.05) is 45.0 Å². The van der Waals surface area contributed by atoms with Crippen molar-refractivity contribution in [2.75, 3.05) is 17.2 Å². The summed E-state index contributed by atoms with van der Waals surface area (Å²) in [6.45, 7) is 7.90. The molecule has 0 radical (unpaired) electrons. The second-order valence-corrected chi connectivity index (χ2v) is 9.13. The van der Waals surface area contributed by atoms with Crippen molar-refractivity contribution in [2.45, 2.75) is 52.9 Å². The van der Waals surface area contributed by atoms with Crippen LogP contribution in [-0.4, -0.2) is 24.4 Å². The molecule has 3 aromatic carbocycles. The number of nitrogens with one attached hydrogen (secondary N) is 2. The molecule has 194 valence electrons. The second-order valence-electron chi connectivity index (χ2n) is 9.13. The van der Waals surface area contributed by atoms with Crippen LogP contribution in [-0.2, 0) is 25.5 Å². The van der Waals surface area contributed by atoms with Crippen molar-refractivity contribution in [3.05, 3.63) is 83.4 Å². The van der Waals surface area contributed by atoms with Gasteiger partial charge in [-0.25, -0.2) is 0 Å². The Balaban J connectivity index is 1.41. The molecule has 3 rings (SSSR count). The SMILES string of the molecule is CCc1ccc(NC(=O)COC(=O)CCC(=O)Nc2ccc(Oc3cc(C)ccc3C(C)C)cc2)cc1. The van der Waals surface area contributed by atoms with Crippen LogP contribution in [0.2, 0.25) is 0 Å². The van der Waals surface area contributed by atoms with Crippen molar-refractivity contribution >= 4 is 29.2 Å². The molecule has 7 heteroatoms. The maximum atomic E-state index is 12.3. The molecule has 0 aromatic heterocycles. The second kappa shape index (κ2) is 13.3. The first-order chi connectivity index (χ1) is 17.7. The van der Waals surface area contributed by atoms with Crippen molar-refractivity contribution in [3.63, 3.8) is 0 Å². The van der Waals surface area contributed by atoms with E-state index >= 15 is 0 Å². The number of carbonyl (C=O) groups is 3. The predicted octanol–water partition coefficient (Wildman–Crippen LogP) is 6.37. The number of ether oxygens (including phenoxy) is 2. The Bertz CT molecular complexity index is 1220. The average molecular weight is 503 g/mol. The van der Waals surface area contributed by atoms with Crippen LogP contribution in [0.15, 0.2) is 66.7 Å². The van der Waals surface area contributed by atoms with Crippen molar-refractivity contribution < 1.29 is 23.9 Å². The van der Waals surface area contributed by atoms with Gasteiger partial charge in [-0.2, -0.15) is 0 Å². The summed E-state index contributed by atoms with van der Waals surface area (Å²) in [6.07, 6.45) is 0.724. The number of amides is 2. The Morgan fingerprint density at radius 3 is 2.05 bits per heavy atom. The summed E-state index contributed by atoms with van der Waals surface area (Å²) in [5, 5.41) is 5.42. The van der Waals surface area contributed by atoms with Gasteiger partial charge in [-0.3, -0.25) is 14.4 Å². The number of carbonyl (C=O) groups excluding carboxylic acids is 3. The van der Waals surface area contributed by atoms with Gasteiger partial charge in [-0.15, -0.1) is 0 Å². The van der Waals surface area contributed by atoms with Crippen LogP contribution in [0.4, 0.5) is 11.4 Å². The third kappa shape index (κ3) is 8.79. The van der Waals surface area contributed by atoms with E-state index in [2.05, 4.69) is 36.6 Å². The normalized spacial score (nSPS) is 10.6. The van der Waals surface area contributed by atoms with Gasteiger partial charge in [0.15, 0.2) is 6.61 Å². The first-order valence-corrected chi connectivity index (χ1v) is 12.5. The topological polar surface area (TPSA) is 93.7 Å². The summed E-state index contributed by atoms with van der Waals surface area (Å²) in [5.41, 5.74) is 4.62. The van der Waals surface area contributed by atoms with Gasteiger partial charge in [0.05, 0.1) is 6.42 Å². The lowest BCUT2D eigenvalue weighted by atomic mass is 10.0. The van der Waals surface area contributed by atoms with Gasteiger partial charge >= 0.3 is 5.97 Å². The molecular weight excluding hydrogens is 468 g/mol. The zero-order valence-corrected chi connectivity index (χ0v) is 21.8.